The number of esters is 1. The average molecular weight is 513 g/mol. The zero-order chi connectivity index (χ0) is 27.0. The summed E-state index contributed by atoms with van der Waals surface area (Å²) in [5.74, 6) is -3.17. The second-order valence-corrected chi connectivity index (χ2v) is 8.74. The van der Waals surface area contributed by atoms with Crippen molar-refractivity contribution in [2.75, 3.05) is 14.2 Å². The highest BCUT2D eigenvalue weighted by Gasteiger charge is 2.32. The SMILES string of the molecule is COC(=O)C[C@@H](c1ccc(OC)c2ccccc12)c1c(O)c(O)c(O)c2c(=O)cc(-c3ccccc3)oc12. The first-order valence-electron chi connectivity index (χ1n) is 11.8. The Morgan fingerprint density at radius 2 is 1.55 bits per heavy atom. The topological polar surface area (TPSA) is 126 Å². The van der Waals surface area contributed by atoms with Crippen LogP contribution < -0.4 is 10.2 Å². The van der Waals surface area contributed by atoms with Crippen molar-refractivity contribution in [3.05, 3.63) is 94.1 Å². The summed E-state index contributed by atoms with van der Waals surface area (Å²) in [6.07, 6.45) is -0.265. The van der Waals surface area contributed by atoms with Gasteiger partial charge in [0.15, 0.2) is 16.9 Å². The molecule has 0 aliphatic heterocycles. The molecule has 192 valence electrons. The average Bonchev–Trinajstić information content (AvgIpc) is 2.95. The number of aromatic hydroxyl groups is 3. The van der Waals surface area contributed by atoms with Gasteiger partial charge in [0.05, 0.1) is 20.6 Å². The number of benzene rings is 4. The predicted octanol–water partition coefficient (Wildman–Crippen LogP) is 5.43. The Morgan fingerprint density at radius 1 is 0.868 bits per heavy atom. The van der Waals surface area contributed by atoms with Gasteiger partial charge in [0, 0.05) is 28.5 Å². The molecule has 8 heteroatoms. The third-order valence-corrected chi connectivity index (χ3v) is 6.65. The molecular formula is C30H24O8. The molecule has 1 atom stereocenters. The molecule has 0 saturated carbocycles. The van der Waals surface area contributed by atoms with Gasteiger partial charge < -0.3 is 29.2 Å². The number of hydrogen-bond donors (Lipinski definition) is 3. The summed E-state index contributed by atoms with van der Waals surface area (Å²) in [6.45, 7) is 0. The van der Waals surface area contributed by atoms with Gasteiger partial charge in [-0.15, -0.1) is 0 Å². The van der Waals surface area contributed by atoms with E-state index in [9.17, 15) is 24.9 Å². The number of phenolic OH excluding ortho intramolecular Hbond substituents is 3. The molecule has 4 aromatic carbocycles. The summed E-state index contributed by atoms with van der Waals surface area (Å²) in [4.78, 5) is 25.9. The van der Waals surface area contributed by atoms with E-state index in [1.165, 1.54) is 13.2 Å². The molecule has 1 heterocycles. The normalized spacial score (nSPS) is 11.9. The molecule has 38 heavy (non-hydrogen) atoms. The van der Waals surface area contributed by atoms with E-state index in [-0.39, 0.29) is 28.7 Å². The van der Waals surface area contributed by atoms with Gasteiger partial charge >= 0.3 is 5.97 Å². The molecule has 0 saturated heterocycles. The fourth-order valence-corrected chi connectivity index (χ4v) is 4.84. The van der Waals surface area contributed by atoms with Crippen molar-refractivity contribution < 1.29 is 34.0 Å². The Bertz CT molecular complexity index is 1740. The van der Waals surface area contributed by atoms with E-state index in [2.05, 4.69) is 0 Å². The van der Waals surface area contributed by atoms with Crippen LogP contribution in [-0.2, 0) is 9.53 Å². The lowest BCUT2D eigenvalue weighted by atomic mass is 9.83. The highest BCUT2D eigenvalue weighted by molar-refractivity contribution is 5.96. The molecule has 0 bridgehead atoms. The van der Waals surface area contributed by atoms with E-state index in [0.29, 0.717) is 22.3 Å². The van der Waals surface area contributed by atoms with Crippen molar-refractivity contribution in [1.82, 2.24) is 0 Å². The Morgan fingerprint density at radius 3 is 2.24 bits per heavy atom. The fraction of sp³-hybridized carbons (Fsp3) is 0.133. The molecule has 0 unspecified atom stereocenters. The molecule has 3 N–H and O–H groups in total. The van der Waals surface area contributed by atoms with Gasteiger partial charge in [-0.25, -0.2) is 0 Å². The van der Waals surface area contributed by atoms with E-state index in [4.69, 9.17) is 13.9 Å². The second kappa shape index (κ2) is 9.82. The minimum atomic E-state index is -0.943. The third kappa shape index (κ3) is 4.06. The number of phenols is 3. The molecule has 1 aromatic heterocycles. The third-order valence-electron chi connectivity index (χ3n) is 6.65. The zero-order valence-electron chi connectivity index (χ0n) is 20.6. The molecular weight excluding hydrogens is 488 g/mol. The highest BCUT2D eigenvalue weighted by Crippen LogP contribution is 2.50. The van der Waals surface area contributed by atoms with Gasteiger partial charge in [0.25, 0.3) is 0 Å². The molecule has 8 nitrogen and oxygen atoms in total. The van der Waals surface area contributed by atoms with Crippen LogP contribution >= 0.6 is 0 Å². The van der Waals surface area contributed by atoms with E-state index in [1.54, 1.807) is 43.5 Å². The van der Waals surface area contributed by atoms with Crippen LogP contribution in [0, 0.1) is 0 Å². The van der Waals surface area contributed by atoms with Crippen molar-refractivity contribution in [2.24, 2.45) is 0 Å². The van der Waals surface area contributed by atoms with Crippen molar-refractivity contribution in [1.29, 1.82) is 0 Å². The van der Waals surface area contributed by atoms with Gasteiger partial charge in [-0.05, 0) is 17.0 Å². The van der Waals surface area contributed by atoms with Crippen molar-refractivity contribution in [2.45, 2.75) is 12.3 Å². The maximum atomic E-state index is 13.2. The van der Waals surface area contributed by atoms with Gasteiger partial charge in [-0.2, -0.15) is 0 Å². The maximum absolute atomic E-state index is 13.2. The summed E-state index contributed by atoms with van der Waals surface area (Å²) in [5, 5.41) is 33.6. The van der Waals surface area contributed by atoms with Crippen LogP contribution in [0.15, 0.2) is 82.0 Å². The van der Waals surface area contributed by atoms with E-state index < -0.39 is 34.6 Å². The zero-order valence-corrected chi connectivity index (χ0v) is 20.6. The smallest absolute Gasteiger partial charge is 0.306 e. The van der Waals surface area contributed by atoms with Crippen LogP contribution in [0.25, 0.3) is 33.1 Å². The van der Waals surface area contributed by atoms with Gasteiger partial charge in [0.1, 0.15) is 22.5 Å². The van der Waals surface area contributed by atoms with Gasteiger partial charge in [-0.3, -0.25) is 9.59 Å². The lowest BCUT2D eigenvalue weighted by Gasteiger charge is -2.23. The quantitative estimate of drug-likeness (QED) is 0.203. The summed E-state index contributed by atoms with van der Waals surface area (Å²) >= 11 is 0. The number of methoxy groups -OCH3 is 2. The van der Waals surface area contributed by atoms with E-state index >= 15 is 0 Å². The van der Waals surface area contributed by atoms with Crippen molar-refractivity contribution in [3.63, 3.8) is 0 Å². The van der Waals surface area contributed by atoms with Crippen LogP contribution in [-0.4, -0.2) is 35.5 Å². The number of ether oxygens (including phenoxy) is 2. The molecule has 5 aromatic rings. The first-order chi connectivity index (χ1) is 18.3. The Labute approximate surface area is 216 Å². The van der Waals surface area contributed by atoms with E-state index in [1.807, 2.05) is 30.3 Å². The minimum absolute atomic E-state index is 0.0362. The first-order valence-corrected chi connectivity index (χ1v) is 11.8. The molecule has 0 spiro atoms. The number of carbonyl (C=O) groups excluding carboxylic acids is 1. The molecule has 0 radical (unpaired) electrons. The Hall–Kier alpha value is -4.98. The molecule has 0 aliphatic carbocycles. The van der Waals surface area contributed by atoms with Crippen LogP contribution in [0.3, 0.4) is 0 Å². The lowest BCUT2D eigenvalue weighted by molar-refractivity contribution is -0.140. The van der Waals surface area contributed by atoms with Gasteiger partial charge in [0.2, 0.25) is 5.75 Å². The Balaban J connectivity index is 1.90. The van der Waals surface area contributed by atoms with Crippen LogP contribution in [0.5, 0.6) is 23.0 Å². The molecule has 0 aliphatic rings. The first kappa shape index (κ1) is 24.7. The second-order valence-electron chi connectivity index (χ2n) is 8.74. The molecule has 0 amide bonds. The fourth-order valence-electron chi connectivity index (χ4n) is 4.84. The largest absolute Gasteiger partial charge is 0.504 e. The predicted molar refractivity (Wildman–Crippen MR) is 142 cm³/mol. The van der Waals surface area contributed by atoms with E-state index in [0.717, 1.165) is 5.39 Å². The highest BCUT2D eigenvalue weighted by atomic mass is 16.5. The monoisotopic (exact) mass is 512 g/mol. The summed E-state index contributed by atoms with van der Waals surface area (Å²) in [6, 6.07) is 20.9. The standard InChI is InChI=1S/C30H24O8/c1-36-22-13-12-18(17-10-6-7-11-19(17)22)20(14-24(32)37-2)25-27(33)29(35)28(34)26-21(31)15-23(38-30(25)26)16-8-4-3-5-9-16/h3-13,15,20,33-35H,14H2,1-2H3/t20-/m0/s1. The summed E-state index contributed by atoms with van der Waals surface area (Å²) < 4.78 is 16.6. The van der Waals surface area contributed by atoms with Crippen molar-refractivity contribution >= 4 is 27.7 Å². The number of rotatable bonds is 6. The van der Waals surface area contributed by atoms with Crippen LogP contribution in [0.2, 0.25) is 0 Å². The molecule has 5 rings (SSSR count). The summed E-state index contributed by atoms with van der Waals surface area (Å²) in [5.41, 5.74) is 0.351. The number of fused-ring (bicyclic) bond motifs is 2. The van der Waals surface area contributed by atoms with Crippen LogP contribution in [0.1, 0.15) is 23.5 Å². The van der Waals surface area contributed by atoms with Crippen LogP contribution in [0.4, 0.5) is 0 Å². The lowest BCUT2D eigenvalue weighted by Crippen LogP contribution is -2.13. The van der Waals surface area contributed by atoms with Gasteiger partial charge in [-0.1, -0.05) is 60.7 Å². The maximum Gasteiger partial charge on any atom is 0.306 e. The number of carbonyl (C=O) groups is 1. The summed E-state index contributed by atoms with van der Waals surface area (Å²) in [7, 11) is 2.79. The van der Waals surface area contributed by atoms with Crippen molar-refractivity contribution in [3.8, 4) is 34.3 Å². The Kier molecular flexibility index (Phi) is 6.38. The minimum Gasteiger partial charge on any atom is -0.504 e. The number of hydrogen-bond acceptors (Lipinski definition) is 8. The molecule has 0 fully saturated rings.